The molecule has 0 aromatic heterocycles. The molecular formula is C17H19F3N4O3S. The molecule has 28 heavy (non-hydrogen) atoms. The van der Waals surface area contributed by atoms with E-state index in [1.54, 1.807) is 12.1 Å². The Bertz CT molecular complexity index is 926. The number of benzene rings is 2. The fraction of sp³-hybridized carbons (Fsp3) is 0.235. The van der Waals surface area contributed by atoms with Crippen LogP contribution in [0.4, 0.5) is 18.9 Å². The average Bonchev–Trinajstić information content (AvgIpc) is 2.60. The molecule has 152 valence electrons. The zero-order valence-electron chi connectivity index (χ0n) is 15.1. The first-order valence-corrected chi connectivity index (χ1v) is 9.35. The maximum Gasteiger partial charge on any atom is 0.573 e. The first kappa shape index (κ1) is 21.5. The highest BCUT2D eigenvalue weighted by Gasteiger charge is 2.30. The van der Waals surface area contributed by atoms with Gasteiger partial charge in [-0.25, -0.2) is 17.7 Å². The second-order valence-corrected chi connectivity index (χ2v) is 7.98. The Hall–Kier alpha value is -2.79. The van der Waals surface area contributed by atoms with Gasteiger partial charge in [-0.3, -0.25) is 0 Å². The number of halogens is 3. The molecule has 0 radical (unpaired) electrons. The zero-order chi connectivity index (χ0) is 20.9. The average molecular weight is 416 g/mol. The number of ether oxygens (including phenoxy) is 1. The van der Waals surface area contributed by atoms with Crippen molar-refractivity contribution in [2.75, 3.05) is 19.4 Å². The molecule has 0 fully saturated rings. The Labute approximate surface area is 160 Å². The molecule has 2 aromatic carbocycles. The van der Waals surface area contributed by atoms with E-state index in [0.29, 0.717) is 5.69 Å². The SMILES string of the molecule is CN(C)S(=O)(=O)c1ccc(CN=C(N)Nc2ccc(OC(F)(F)F)cc2)cc1. The Morgan fingerprint density at radius 2 is 1.68 bits per heavy atom. The molecule has 0 unspecified atom stereocenters. The van der Waals surface area contributed by atoms with Crippen LogP contribution in [-0.4, -0.2) is 39.1 Å². The molecule has 0 aliphatic carbocycles. The van der Waals surface area contributed by atoms with Gasteiger partial charge in [0.15, 0.2) is 5.96 Å². The lowest BCUT2D eigenvalue weighted by Gasteiger charge is -2.11. The summed E-state index contributed by atoms with van der Waals surface area (Å²) in [5.41, 5.74) is 6.92. The van der Waals surface area contributed by atoms with Crippen LogP contribution in [0.15, 0.2) is 58.4 Å². The largest absolute Gasteiger partial charge is 0.573 e. The van der Waals surface area contributed by atoms with Gasteiger partial charge in [0.2, 0.25) is 10.0 Å². The summed E-state index contributed by atoms with van der Waals surface area (Å²) in [6, 6.07) is 11.2. The van der Waals surface area contributed by atoms with Gasteiger partial charge in [-0.15, -0.1) is 13.2 Å². The number of rotatable bonds is 6. The molecule has 2 aromatic rings. The summed E-state index contributed by atoms with van der Waals surface area (Å²) in [5, 5.41) is 2.74. The predicted molar refractivity (Wildman–Crippen MR) is 99.4 cm³/mol. The Morgan fingerprint density at radius 1 is 1.11 bits per heavy atom. The maximum atomic E-state index is 12.1. The third-order valence-corrected chi connectivity index (χ3v) is 5.32. The van der Waals surface area contributed by atoms with Crippen molar-refractivity contribution in [3.8, 4) is 5.75 Å². The lowest BCUT2D eigenvalue weighted by atomic mass is 10.2. The minimum Gasteiger partial charge on any atom is -0.406 e. The number of nitrogens with two attached hydrogens (primary N) is 1. The molecule has 11 heteroatoms. The van der Waals surface area contributed by atoms with Crippen LogP contribution in [0.25, 0.3) is 0 Å². The standard InChI is InChI=1S/C17H19F3N4O3S/c1-24(2)28(25,26)15-9-3-12(4-10-15)11-22-16(21)23-13-5-7-14(8-6-13)27-17(18,19)20/h3-10H,11H2,1-2H3,(H3,21,22,23). The van der Waals surface area contributed by atoms with E-state index in [1.807, 2.05) is 0 Å². The number of aliphatic imine (C=N–C) groups is 1. The third kappa shape index (κ3) is 6.13. The summed E-state index contributed by atoms with van der Waals surface area (Å²) < 4.78 is 65.3. The van der Waals surface area contributed by atoms with Gasteiger partial charge in [-0.2, -0.15) is 0 Å². The molecule has 0 amide bonds. The van der Waals surface area contributed by atoms with Gasteiger partial charge in [0.05, 0.1) is 11.4 Å². The predicted octanol–water partition coefficient (Wildman–Crippen LogP) is 2.76. The first-order valence-electron chi connectivity index (χ1n) is 7.91. The van der Waals surface area contributed by atoms with Crippen molar-refractivity contribution in [3.05, 3.63) is 54.1 Å². The van der Waals surface area contributed by atoms with E-state index in [2.05, 4.69) is 15.0 Å². The molecule has 7 nitrogen and oxygen atoms in total. The fourth-order valence-corrected chi connectivity index (χ4v) is 2.98. The van der Waals surface area contributed by atoms with E-state index >= 15 is 0 Å². The quantitative estimate of drug-likeness (QED) is 0.558. The van der Waals surface area contributed by atoms with E-state index in [0.717, 1.165) is 22.0 Å². The summed E-state index contributed by atoms with van der Waals surface area (Å²) in [5.74, 6) is -0.296. The smallest absolute Gasteiger partial charge is 0.406 e. The number of hydrogen-bond acceptors (Lipinski definition) is 4. The van der Waals surface area contributed by atoms with Gasteiger partial charge in [-0.1, -0.05) is 12.1 Å². The maximum absolute atomic E-state index is 12.1. The van der Waals surface area contributed by atoms with Crippen LogP contribution in [0.3, 0.4) is 0 Å². The van der Waals surface area contributed by atoms with Crippen molar-refractivity contribution in [2.24, 2.45) is 10.7 Å². The highest BCUT2D eigenvalue weighted by atomic mass is 32.2. The summed E-state index contributed by atoms with van der Waals surface area (Å²) in [6.07, 6.45) is -4.75. The van der Waals surface area contributed by atoms with E-state index in [9.17, 15) is 21.6 Å². The van der Waals surface area contributed by atoms with Gasteiger partial charge in [-0.05, 0) is 42.0 Å². The van der Waals surface area contributed by atoms with Gasteiger partial charge in [0.1, 0.15) is 5.75 Å². The number of nitrogens with zero attached hydrogens (tertiary/aromatic N) is 2. The van der Waals surface area contributed by atoms with Crippen LogP contribution in [0.5, 0.6) is 5.75 Å². The van der Waals surface area contributed by atoms with Gasteiger partial charge >= 0.3 is 6.36 Å². The Balaban J connectivity index is 1.97. The van der Waals surface area contributed by atoms with Crippen LogP contribution < -0.4 is 15.8 Å². The number of hydrogen-bond donors (Lipinski definition) is 2. The minimum absolute atomic E-state index is 0.0504. The number of anilines is 1. The molecule has 0 bridgehead atoms. The molecule has 3 N–H and O–H groups in total. The van der Waals surface area contributed by atoms with Gasteiger partial charge < -0.3 is 15.8 Å². The molecule has 0 aliphatic heterocycles. The number of alkyl halides is 3. The van der Waals surface area contributed by atoms with Crippen molar-refractivity contribution < 1.29 is 26.3 Å². The molecule has 0 atom stereocenters. The van der Waals surface area contributed by atoms with Crippen molar-refractivity contribution >= 4 is 21.7 Å². The minimum atomic E-state index is -4.75. The molecule has 2 rings (SSSR count). The molecule has 0 spiro atoms. The second kappa shape index (κ2) is 8.48. The molecule has 0 saturated heterocycles. The summed E-state index contributed by atoms with van der Waals surface area (Å²) in [4.78, 5) is 4.28. The lowest BCUT2D eigenvalue weighted by molar-refractivity contribution is -0.274. The first-order chi connectivity index (χ1) is 13.0. The second-order valence-electron chi connectivity index (χ2n) is 5.83. The van der Waals surface area contributed by atoms with E-state index in [4.69, 9.17) is 5.73 Å². The van der Waals surface area contributed by atoms with Crippen molar-refractivity contribution in [1.82, 2.24) is 4.31 Å². The zero-order valence-corrected chi connectivity index (χ0v) is 15.9. The van der Waals surface area contributed by atoms with Crippen LogP contribution >= 0.6 is 0 Å². The Morgan fingerprint density at radius 3 is 2.18 bits per heavy atom. The third-order valence-electron chi connectivity index (χ3n) is 3.49. The van der Waals surface area contributed by atoms with E-state index in [-0.39, 0.29) is 23.1 Å². The fourth-order valence-electron chi connectivity index (χ4n) is 2.08. The van der Waals surface area contributed by atoms with Gasteiger partial charge in [0, 0.05) is 19.8 Å². The van der Waals surface area contributed by atoms with E-state index in [1.165, 1.54) is 38.4 Å². The normalized spacial score (nSPS) is 12.9. The molecule has 0 heterocycles. The number of nitrogens with one attached hydrogen (secondary N) is 1. The monoisotopic (exact) mass is 416 g/mol. The van der Waals surface area contributed by atoms with Crippen LogP contribution in [0.2, 0.25) is 0 Å². The lowest BCUT2D eigenvalue weighted by Crippen LogP contribution is -2.23. The molecule has 0 saturated carbocycles. The number of sulfonamides is 1. The van der Waals surface area contributed by atoms with E-state index < -0.39 is 16.4 Å². The van der Waals surface area contributed by atoms with Crippen molar-refractivity contribution in [1.29, 1.82) is 0 Å². The highest BCUT2D eigenvalue weighted by molar-refractivity contribution is 7.89. The van der Waals surface area contributed by atoms with Crippen LogP contribution in [0.1, 0.15) is 5.56 Å². The topological polar surface area (TPSA) is 97.0 Å². The van der Waals surface area contributed by atoms with Gasteiger partial charge in [0.25, 0.3) is 0 Å². The van der Waals surface area contributed by atoms with Crippen molar-refractivity contribution in [2.45, 2.75) is 17.8 Å². The van der Waals surface area contributed by atoms with Crippen LogP contribution in [0, 0.1) is 0 Å². The number of guanidine groups is 1. The highest BCUT2D eigenvalue weighted by Crippen LogP contribution is 2.23. The summed E-state index contributed by atoms with van der Waals surface area (Å²) >= 11 is 0. The van der Waals surface area contributed by atoms with Crippen LogP contribution in [-0.2, 0) is 16.6 Å². The summed E-state index contributed by atoms with van der Waals surface area (Å²) in [7, 11) is -0.609. The Kier molecular flexibility index (Phi) is 6.52. The molecular weight excluding hydrogens is 397 g/mol. The summed E-state index contributed by atoms with van der Waals surface area (Å²) in [6.45, 7) is 0.191. The molecule has 0 aliphatic rings. The van der Waals surface area contributed by atoms with Crippen molar-refractivity contribution in [3.63, 3.8) is 0 Å².